The van der Waals surface area contributed by atoms with Gasteiger partial charge in [-0.1, -0.05) is 48.6 Å². The molecule has 0 fully saturated rings. The summed E-state index contributed by atoms with van der Waals surface area (Å²) in [6.45, 7) is 1.98. The molecule has 0 aliphatic rings. The van der Waals surface area contributed by atoms with Crippen molar-refractivity contribution in [3.05, 3.63) is 68.1 Å². The number of amides is 1. The molecule has 0 spiro atoms. The molecule has 0 aliphatic heterocycles. The van der Waals surface area contributed by atoms with E-state index in [4.69, 9.17) is 0 Å². The third kappa shape index (κ3) is 4.04. The Morgan fingerprint density at radius 3 is 2.61 bits per heavy atom. The van der Waals surface area contributed by atoms with E-state index in [2.05, 4.69) is 39.6 Å². The lowest BCUT2D eigenvalue weighted by molar-refractivity contribution is -0.116. The van der Waals surface area contributed by atoms with Gasteiger partial charge >= 0.3 is 5.69 Å². The fourth-order valence-electron chi connectivity index (χ4n) is 3.38. The van der Waals surface area contributed by atoms with Crippen LogP contribution in [0.4, 0.5) is 5.13 Å². The number of anilines is 1. The van der Waals surface area contributed by atoms with Crippen LogP contribution in [-0.2, 0) is 31.9 Å². The Balaban J connectivity index is 1.47. The Labute approximate surface area is 180 Å². The number of carbonyl (C=O) groups is 1. The van der Waals surface area contributed by atoms with Crippen LogP contribution in [-0.4, -0.2) is 34.8 Å². The maximum absolute atomic E-state index is 12.5. The van der Waals surface area contributed by atoms with E-state index >= 15 is 0 Å². The van der Waals surface area contributed by atoms with Gasteiger partial charge in [-0.3, -0.25) is 24.0 Å². The third-order valence-electron chi connectivity index (χ3n) is 5.09. The van der Waals surface area contributed by atoms with Crippen LogP contribution in [0.25, 0.3) is 11.2 Å². The van der Waals surface area contributed by atoms with Gasteiger partial charge in [0, 0.05) is 20.5 Å². The van der Waals surface area contributed by atoms with Crippen LogP contribution in [0.15, 0.2) is 46.2 Å². The quantitative estimate of drug-likeness (QED) is 0.484. The SMILES string of the molecule is CC(Cc1nnc(NC(=O)Cn2cnc3c2c(=O)n(C)c(=O)n3C)s1)c1ccccc1. The molecule has 3 aromatic heterocycles. The van der Waals surface area contributed by atoms with E-state index in [9.17, 15) is 14.4 Å². The number of rotatable bonds is 6. The first-order valence-electron chi connectivity index (χ1n) is 9.63. The van der Waals surface area contributed by atoms with Crippen LogP contribution in [0, 0.1) is 0 Å². The molecule has 1 aromatic carbocycles. The molecule has 0 bridgehead atoms. The van der Waals surface area contributed by atoms with Gasteiger partial charge in [0.25, 0.3) is 5.56 Å². The molecule has 10 nitrogen and oxygen atoms in total. The number of carbonyl (C=O) groups excluding carboxylic acids is 1. The molecule has 0 saturated carbocycles. The van der Waals surface area contributed by atoms with Gasteiger partial charge in [-0.2, -0.15) is 0 Å². The maximum atomic E-state index is 12.5. The number of fused-ring (bicyclic) bond motifs is 1. The number of nitrogens with zero attached hydrogens (tertiary/aromatic N) is 6. The zero-order chi connectivity index (χ0) is 22.1. The highest BCUT2D eigenvalue weighted by Gasteiger charge is 2.17. The van der Waals surface area contributed by atoms with Crippen molar-refractivity contribution < 1.29 is 4.79 Å². The van der Waals surface area contributed by atoms with E-state index in [1.807, 2.05) is 18.2 Å². The fraction of sp³-hybridized carbons (Fsp3) is 0.300. The van der Waals surface area contributed by atoms with Crippen LogP contribution in [0.5, 0.6) is 0 Å². The molecule has 1 unspecified atom stereocenters. The molecule has 1 N–H and O–H groups in total. The van der Waals surface area contributed by atoms with Crippen LogP contribution in [0.3, 0.4) is 0 Å². The van der Waals surface area contributed by atoms with Gasteiger partial charge in [-0.05, 0) is 11.5 Å². The van der Waals surface area contributed by atoms with Crippen molar-refractivity contribution in [2.75, 3.05) is 5.32 Å². The topological polar surface area (TPSA) is 117 Å². The number of benzene rings is 1. The van der Waals surface area contributed by atoms with Crippen LogP contribution in [0.2, 0.25) is 0 Å². The average Bonchev–Trinajstić information content (AvgIpc) is 3.38. The molecule has 1 atom stereocenters. The van der Waals surface area contributed by atoms with Crippen LogP contribution in [0.1, 0.15) is 23.4 Å². The fourth-order valence-corrected chi connectivity index (χ4v) is 4.26. The number of nitrogens with one attached hydrogen (secondary N) is 1. The van der Waals surface area contributed by atoms with Gasteiger partial charge in [0.2, 0.25) is 11.0 Å². The summed E-state index contributed by atoms with van der Waals surface area (Å²) in [4.78, 5) is 41.2. The molecule has 0 aliphatic carbocycles. The van der Waals surface area contributed by atoms with E-state index in [0.29, 0.717) is 11.6 Å². The van der Waals surface area contributed by atoms with E-state index < -0.39 is 11.2 Å². The second kappa shape index (κ2) is 8.26. The van der Waals surface area contributed by atoms with Crippen molar-refractivity contribution in [2.24, 2.45) is 14.1 Å². The summed E-state index contributed by atoms with van der Waals surface area (Å²) in [6.07, 6.45) is 2.09. The second-order valence-electron chi connectivity index (χ2n) is 7.32. The van der Waals surface area contributed by atoms with Gasteiger partial charge in [0.1, 0.15) is 11.6 Å². The Morgan fingerprint density at radius 1 is 1.13 bits per heavy atom. The first-order chi connectivity index (χ1) is 14.8. The van der Waals surface area contributed by atoms with Crippen molar-refractivity contribution in [3.8, 4) is 0 Å². The number of aryl methyl sites for hydroxylation is 1. The van der Waals surface area contributed by atoms with E-state index in [0.717, 1.165) is 9.57 Å². The van der Waals surface area contributed by atoms with E-state index in [-0.39, 0.29) is 29.5 Å². The smallest absolute Gasteiger partial charge is 0.315 e. The molecule has 3 heterocycles. The first kappa shape index (κ1) is 20.7. The molecule has 160 valence electrons. The largest absolute Gasteiger partial charge is 0.332 e. The lowest BCUT2D eigenvalue weighted by Gasteiger charge is -2.08. The van der Waals surface area contributed by atoms with Gasteiger partial charge in [0.15, 0.2) is 11.2 Å². The van der Waals surface area contributed by atoms with Gasteiger partial charge in [0.05, 0.1) is 6.33 Å². The van der Waals surface area contributed by atoms with E-state index in [1.54, 1.807) is 0 Å². The maximum Gasteiger partial charge on any atom is 0.332 e. The Bertz CT molecular complexity index is 1370. The highest BCUT2D eigenvalue weighted by Crippen LogP contribution is 2.24. The number of aromatic nitrogens is 6. The summed E-state index contributed by atoms with van der Waals surface area (Å²) in [5, 5.41) is 12.2. The highest BCUT2D eigenvalue weighted by atomic mass is 32.1. The minimum Gasteiger partial charge on any atom is -0.315 e. The predicted octanol–water partition coefficient (Wildman–Crippen LogP) is 1.27. The first-order valence-corrected chi connectivity index (χ1v) is 10.4. The van der Waals surface area contributed by atoms with Crippen molar-refractivity contribution in [1.29, 1.82) is 0 Å². The van der Waals surface area contributed by atoms with E-state index in [1.165, 1.54) is 46.5 Å². The molecular formula is C20H21N7O3S. The summed E-state index contributed by atoms with van der Waals surface area (Å²) >= 11 is 1.32. The normalized spacial score (nSPS) is 12.2. The summed E-state index contributed by atoms with van der Waals surface area (Å²) < 4.78 is 3.69. The minimum atomic E-state index is -0.503. The monoisotopic (exact) mass is 439 g/mol. The minimum absolute atomic E-state index is 0.140. The van der Waals surface area contributed by atoms with Gasteiger partial charge in [-0.25, -0.2) is 9.78 Å². The van der Waals surface area contributed by atoms with Crippen molar-refractivity contribution in [1.82, 2.24) is 28.9 Å². The average molecular weight is 440 g/mol. The summed E-state index contributed by atoms with van der Waals surface area (Å²) in [6, 6.07) is 10.1. The number of hydrogen-bond acceptors (Lipinski definition) is 7. The number of imidazole rings is 1. The molecule has 31 heavy (non-hydrogen) atoms. The van der Waals surface area contributed by atoms with Gasteiger partial charge < -0.3 is 4.57 Å². The Morgan fingerprint density at radius 2 is 1.87 bits per heavy atom. The molecular weight excluding hydrogens is 418 g/mol. The van der Waals surface area contributed by atoms with Crippen LogP contribution >= 0.6 is 11.3 Å². The summed E-state index contributed by atoms with van der Waals surface area (Å²) in [5.41, 5.74) is 0.657. The molecule has 0 saturated heterocycles. The molecule has 0 radical (unpaired) electrons. The summed E-state index contributed by atoms with van der Waals surface area (Å²) in [5.74, 6) is -0.0908. The molecule has 11 heteroatoms. The molecule has 4 rings (SSSR count). The third-order valence-corrected chi connectivity index (χ3v) is 5.95. The predicted molar refractivity (Wildman–Crippen MR) is 117 cm³/mol. The van der Waals surface area contributed by atoms with Crippen molar-refractivity contribution in [3.63, 3.8) is 0 Å². The van der Waals surface area contributed by atoms with Crippen molar-refractivity contribution in [2.45, 2.75) is 25.8 Å². The lowest BCUT2D eigenvalue weighted by Crippen LogP contribution is -2.37. The second-order valence-corrected chi connectivity index (χ2v) is 8.38. The molecule has 4 aromatic rings. The zero-order valence-electron chi connectivity index (χ0n) is 17.3. The number of hydrogen-bond donors (Lipinski definition) is 1. The lowest BCUT2D eigenvalue weighted by atomic mass is 9.98. The molecule has 1 amide bonds. The Kier molecular flexibility index (Phi) is 5.51. The van der Waals surface area contributed by atoms with Crippen molar-refractivity contribution >= 4 is 33.5 Å². The standard InChI is InChI=1S/C20H21N7O3S/c1-12(13-7-5-4-6-8-13)9-15-23-24-19(31-15)22-14(28)10-27-11-21-17-16(27)18(29)26(3)20(30)25(17)2/h4-8,11-12H,9-10H2,1-3H3,(H,22,24,28). The highest BCUT2D eigenvalue weighted by molar-refractivity contribution is 7.15. The Hall–Kier alpha value is -3.60. The summed E-state index contributed by atoms with van der Waals surface area (Å²) in [7, 11) is 2.92. The van der Waals surface area contributed by atoms with Gasteiger partial charge in [-0.15, -0.1) is 10.2 Å². The zero-order valence-corrected chi connectivity index (χ0v) is 18.1. The van der Waals surface area contributed by atoms with Crippen LogP contribution < -0.4 is 16.6 Å².